The molecule has 4 heterocycles. The van der Waals surface area contributed by atoms with Crippen LogP contribution in [0.5, 0.6) is 11.5 Å². The zero-order valence-corrected chi connectivity index (χ0v) is 74.4. The second-order valence-corrected chi connectivity index (χ2v) is 35.0. The van der Waals surface area contributed by atoms with E-state index < -0.39 is 133 Å². The Bertz CT molecular complexity index is 3490. The summed E-state index contributed by atoms with van der Waals surface area (Å²) in [5.74, 6) is -9.23. The number of carbonyl (C=O) groups is 11. The maximum atomic E-state index is 15.3. The molecule has 36 heteroatoms. The molecule has 2 aromatic rings. The molecule has 10 amide bonds. The smallest absolute Gasteiger partial charge is 0.303 e. The fourth-order valence-corrected chi connectivity index (χ4v) is 17.4. The number of hydrogen-bond acceptors (Lipinski definition) is 24. The van der Waals surface area contributed by atoms with Crippen molar-refractivity contribution >= 4 is 98.2 Å². The first-order valence-corrected chi connectivity index (χ1v) is 45.9. The van der Waals surface area contributed by atoms with Crippen LogP contribution in [-0.4, -0.2) is 372 Å². The number of fused-ring (bicyclic) bond motifs is 1. The van der Waals surface area contributed by atoms with Gasteiger partial charge in [-0.05, 0) is 127 Å². The minimum Gasteiger partial charge on any atom is -0.508 e. The van der Waals surface area contributed by atoms with E-state index in [1.54, 1.807) is 0 Å². The van der Waals surface area contributed by atoms with Gasteiger partial charge in [0.25, 0.3) is 0 Å². The van der Waals surface area contributed by atoms with E-state index in [9.17, 15) is 54.0 Å². The Morgan fingerprint density at radius 2 is 1.03 bits per heavy atom. The molecule has 4 aliphatic rings. The first kappa shape index (κ1) is 101. The van der Waals surface area contributed by atoms with Crippen molar-refractivity contribution in [1.29, 1.82) is 0 Å². The molecule has 0 aromatic heterocycles. The summed E-state index contributed by atoms with van der Waals surface area (Å²) in [5.41, 5.74) is 0.792. The van der Waals surface area contributed by atoms with E-state index in [0.29, 0.717) is 24.0 Å². The van der Waals surface area contributed by atoms with Crippen molar-refractivity contribution in [3.63, 3.8) is 0 Å². The number of phenols is 2. The molecule has 0 aliphatic carbocycles. The normalized spacial score (nSPS) is 22.6. The lowest BCUT2D eigenvalue weighted by molar-refractivity contribution is -0.142. The molecule has 0 bridgehead atoms. The number of likely N-dealkylation sites (N-methyl/N-ethyl adjacent to an activating group) is 6. The SMILES string of the molecule is CCN1CCN(CC)CCN(C(C)CCC(=O)NCC[C@H](NC(=O)CCC(C)N2CCN(CC)CCN(CC)CCN(CC)CC2)C(=O)NC(Cc2ccc(O)cc2)C(=O)NC(CCC(=O)O)C(=O)NC2CSSCCNC(=O)[C@H](CC(C)C)NC(=O)CNC(=O)[C@H](Cc3ccc(O)c(Cl)c3)NC(=O)[C@@H]3C[C@@H](O)CN3C2=O)CCN(CC)CC1. The molecular formula is C83H139ClN18O15S2. The average molecular weight is 1730 g/mol. The lowest BCUT2D eigenvalue weighted by Gasteiger charge is -2.36. The number of aliphatic hydroxyl groups is 1. The van der Waals surface area contributed by atoms with Gasteiger partial charge < -0.3 is 103 Å². The second-order valence-electron chi connectivity index (χ2n) is 32.0. The van der Waals surface area contributed by atoms with Gasteiger partial charge in [0.1, 0.15) is 53.8 Å². The maximum absolute atomic E-state index is 15.3. The highest BCUT2D eigenvalue weighted by Crippen LogP contribution is 2.28. The third kappa shape index (κ3) is 36.1. The van der Waals surface area contributed by atoms with Crippen molar-refractivity contribution in [2.24, 2.45) is 5.92 Å². The summed E-state index contributed by atoms with van der Waals surface area (Å²) in [4.78, 5) is 179. The number of hydrogen-bond donors (Lipinski definition) is 13. The van der Waals surface area contributed by atoms with Crippen molar-refractivity contribution < 1.29 is 73.2 Å². The van der Waals surface area contributed by atoms with Crippen LogP contribution >= 0.6 is 33.2 Å². The number of carboxylic acid groups (broad SMARTS) is 1. The Morgan fingerprint density at radius 3 is 1.55 bits per heavy atom. The highest BCUT2D eigenvalue weighted by molar-refractivity contribution is 8.76. The van der Waals surface area contributed by atoms with Crippen molar-refractivity contribution in [2.45, 2.75) is 200 Å². The highest BCUT2D eigenvalue weighted by Gasteiger charge is 2.44. The van der Waals surface area contributed by atoms with Gasteiger partial charge in [-0.2, -0.15) is 0 Å². The molecule has 0 radical (unpaired) electrons. The first-order valence-electron chi connectivity index (χ1n) is 43.1. The third-order valence-electron chi connectivity index (χ3n) is 23.1. The molecule has 119 heavy (non-hydrogen) atoms. The van der Waals surface area contributed by atoms with Crippen LogP contribution in [0.4, 0.5) is 0 Å². The number of benzene rings is 2. The van der Waals surface area contributed by atoms with Crippen LogP contribution in [0.2, 0.25) is 5.02 Å². The van der Waals surface area contributed by atoms with Crippen molar-refractivity contribution in [2.75, 3.05) is 182 Å². The number of carbonyl (C=O) groups excluding carboxylic acids is 10. The van der Waals surface area contributed by atoms with Crippen LogP contribution in [0.15, 0.2) is 42.5 Å². The lowest BCUT2D eigenvalue weighted by Crippen LogP contribution is -2.60. The predicted molar refractivity (Wildman–Crippen MR) is 464 cm³/mol. The largest absolute Gasteiger partial charge is 0.508 e. The first-order chi connectivity index (χ1) is 56.9. The number of carboxylic acids is 1. The zero-order chi connectivity index (χ0) is 87.1. The molecule has 670 valence electrons. The number of phenolic OH excluding ortho intramolecular Hbond substituents is 2. The van der Waals surface area contributed by atoms with Gasteiger partial charge in [0.05, 0.1) is 17.7 Å². The molecular weight excluding hydrogens is 1590 g/mol. The van der Waals surface area contributed by atoms with E-state index in [0.717, 1.165) is 160 Å². The van der Waals surface area contributed by atoms with Gasteiger partial charge in [0, 0.05) is 186 Å². The Morgan fingerprint density at radius 1 is 0.546 bits per heavy atom. The number of halogens is 1. The van der Waals surface area contributed by atoms with Crippen LogP contribution in [0.1, 0.15) is 138 Å². The number of amides is 10. The summed E-state index contributed by atoms with van der Waals surface area (Å²) in [7, 11) is 2.29. The van der Waals surface area contributed by atoms with Gasteiger partial charge in [-0.1, -0.05) is 107 Å². The quantitative estimate of drug-likeness (QED) is 0.0449. The summed E-state index contributed by atoms with van der Waals surface area (Å²) >= 11 is 6.26. The molecule has 33 nitrogen and oxygen atoms in total. The molecule has 6 rings (SSSR count). The number of nitrogens with zero attached hydrogens (tertiary/aromatic N) is 9. The fraction of sp³-hybridized carbons (Fsp3) is 0.723. The van der Waals surface area contributed by atoms with Crippen LogP contribution < -0.4 is 47.9 Å². The van der Waals surface area contributed by atoms with Gasteiger partial charge in [-0.15, -0.1) is 0 Å². The fourth-order valence-electron chi connectivity index (χ4n) is 15.2. The predicted octanol–water partition coefficient (Wildman–Crippen LogP) is 1.35. The Labute approximate surface area is 717 Å². The standard InChI is InChI=1S/C83H139ClN18O15S2/c1-11-94-32-36-96(13-3)40-44-100(45-41-97(14-4)37-33-94)58(9)17-26-73(106)85-30-29-66(88-74(107)27-18-59(10)101-46-42-98(15-5)38-34-95(12-2)35-39-99(16-6)43-47-101)80(114)91-69(51-60-19-22-62(103)23-20-60)81(115)90-65(24-28-76(109)110)79(113)93-70-56-119-118-48-31-86-77(111)67(49-57(7)8)89-75(108)54-87-78(112)68(52-61-21-25-72(105)64(84)50-61)92-82(116)71-53-63(104)55-102(71)83(70)117/h19-23,25,50,57-59,63,65-71,103-105H,11-18,24,26-49,51-56H2,1-10H3,(H,85,106)(H,86,111)(H,87,112)(H,88,107)(H,89,108)(H,90,115)(H,91,114)(H,92,116)(H,93,113)(H,109,110)/t58?,59?,63-,65?,66+,67+,68+,69?,70?,71+/m1/s1. The summed E-state index contributed by atoms with van der Waals surface area (Å²) in [6.07, 6.45) is -2.09. The molecule has 10 atom stereocenters. The Kier molecular flexibility index (Phi) is 45.4. The van der Waals surface area contributed by atoms with Crippen LogP contribution in [0.25, 0.3) is 0 Å². The van der Waals surface area contributed by atoms with Gasteiger partial charge in [-0.3, -0.25) is 62.5 Å². The third-order valence-corrected chi connectivity index (χ3v) is 25.8. The van der Waals surface area contributed by atoms with E-state index in [-0.39, 0.29) is 110 Å². The van der Waals surface area contributed by atoms with E-state index >= 15 is 19.2 Å². The number of aliphatic hydroxyl groups excluding tert-OH is 1. The number of aromatic hydroxyl groups is 2. The minimum atomic E-state index is -1.74. The van der Waals surface area contributed by atoms with Crippen LogP contribution in [0.3, 0.4) is 0 Å². The maximum Gasteiger partial charge on any atom is 0.303 e. The summed E-state index contributed by atoms with van der Waals surface area (Å²) in [6.45, 7) is 40.0. The van der Waals surface area contributed by atoms with Gasteiger partial charge >= 0.3 is 5.97 Å². The van der Waals surface area contributed by atoms with E-state index in [2.05, 4.69) is 142 Å². The van der Waals surface area contributed by atoms with Gasteiger partial charge in [0.2, 0.25) is 59.1 Å². The van der Waals surface area contributed by atoms with Crippen molar-refractivity contribution in [1.82, 2.24) is 92.0 Å². The minimum absolute atomic E-state index is 0.0208. The number of aliphatic carboxylic acids is 1. The number of nitrogens with one attached hydrogen (secondary N) is 9. The van der Waals surface area contributed by atoms with Crippen molar-refractivity contribution in [3.8, 4) is 11.5 Å². The van der Waals surface area contributed by atoms with E-state index in [1.807, 2.05) is 13.8 Å². The molecule has 4 fully saturated rings. The number of rotatable bonds is 33. The topological polar surface area (TPSA) is 406 Å². The van der Waals surface area contributed by atoms with Gasteiger partial charge in [0.15, 0.2) is 0 Å². The lowest BCUT2D eigenvalue weighted by atomic mass is 10.0. The molecule has 5 unspecified atom stereocenters. The average Bonchev–Trinajstić information content (AvgIpc) is 1.68. The van der Waals surface area contributed by atoms with Crippen LogP contribution in [0, 0.1) is 5.92 Å². The van der Waals surface area contributed by atoms with Crippen molar-refractivity contribution in [3.05, 3.63) is 58.6 Å². The Hall–Kier alpha value is -7.16. The summed E-state index contributed by atoms with van der Waals surface area (Å²) < 4.78 is 0. The molecule has 0 spiro atoms. The summed E-state index contributed by atoms with van der Waals surface area (Å²) in [5, 5.41) is 66.8. The molecule has 2 aromatic carbocycles. The summed E-state index contributed by atoms with van der Waals surface area (Å²) in [6, 6.07) is -0.247. The van der Waals surface area contributed by atoms with E-state index in [1.165, 1.54) is 53.3 Å². The monoisotopic (exact) mass is 1730 g/mol. The Balaban J connectivity index is 1.28. The highest BCUT2D eigenvalue weighted by atomic mass is 35.5. The zero-order valence-electron chi connectivity index (χ0n) is 72.0. The molecule has 4 saturated heterocycles. The van der Waals surface area contributed by atoms with Crippen LogP contribution in [-0.2, 0) is 65.6 Å². The molecule has 4 aliphatic heterocycles. The van der Waals surface area contributed by atoms with E-state index in [4.69, 9.17) is 11.6 Å². The second kappa shape index (κ2) is 53.7. The molecule has 0 saturated carbocycles. The van der Waals surface area contributed by atoms with Gasteiger partial charge in [-0.25, -0.2) is 0 Å². The molecule has 13 N–H and O–H groups in total.